The number of nitrogens with zero attached hydrogens (tertiary/aromatic N) is 3. The molecule has 2 unspecified atom stereocenters. The molecule has 3 rings (SSSR count). The Morgan fingerprint density at radius 3 is 3.05 bits per heavy atom. The number of phosphoric ester groups is 1. The summed E-state index contributed by atoms with van der Waals surface area (Å²) in [7, 11) is -4.52. The lowest BCUT2D eigenvalue weighted by Crippen LogP contribution is -2.17. The first-order valence-electron chi connectivity index (χ1n) is 6.41. The predicted molar refractivity (Wildman–Crippen MR) is 73.7 cm³/mol. The maximum absolute atomic E-state index is 11.7. The summed E-state index contributed by atoms with van der Waals surface area (Å²) in [5, 5.41) is 0. The van der Waals surface area contributed by atoms with Crippen LogP contribution in [0.3, 0.4) is 0 Å². The molecule has 2 aromatic rings. The average molecular weight is 331 g/mol. The zero-order valence-corrected chi connectivity index (χ0v) is 12.1. The van der Waals surface area contributed by atoms with Gasteiger partial charge in [0.2, 0.25) is 5.95 Å². The fourth-order valence-electron chi connectivity index (χ4n) is 2.35. The van der Waals surface area contributed by atoms with E-state index in [1.165, 1.54) is 6.33 Å². The number of nitrogens with two attached hydrogens (primary N) is 1. The number of anilines is 1. The molecule has 1 fully saturated rings. The number of hydrogen-bond donors (Lipinski definition) is 4. The molecule has 0 bridgehead atoms. The Kier molecular flexibility index (Phi) is 3.75. The summed E-state index contributed by atoms with van der Waals surface area (Å²) in [5.74, 6) is -0.0290. The molecule has 0 spiro atoms. The minimum atomic E-state index is -4.52. The third-order valence-corrected chi connectivity index (χ3v) is 3.76. The minimum Gasteiger partial charge on any atom is -0.369 e. The van der Waals surface area contributed by atoms with Crippen LogP contribution in [0, 0.1) is 0 Å². The van der Waals surface area contributed by atoms with Crippen LogP contribution in [0.25, 0.3) is 11.2 Å². The third kappa shape index (κ3) is 3.03. The molecule has 1 aliphatic rings. The van der Waals surface area contributed by atoms with Crippen LogP contribution in [0.2, 0.25) is 0 Å². The maximum Gasteiger partial charge on any atom is 0.469 e. The van der Waals surface area contributed by atoms with Crippen molar-refractivity contribution < 1.29 is 23.6 Å². The second kappa shape index (κ2) is 5.45. The number of aromatic nitrogens is 4. The summed E-state index contributed by atoms with van der Waals surface area (Å²) < 4.78 is 22.3. The van der Waals surface area contributed by atoms with Crippen molar-refractivity contribution in [3.63, 3.8) is 0 Å². The zero-order chi connectivity index (χ0) is 15.9. The number of rotatable bonds is 4. The van der Waals surface area contributed by atoms with Gasteiger partial charge in [-0.1, -0.05) is 0 Å². The van der Waals surface area contributed by atoms with Crippen LogP contribution in [0.4, 0.5) is 5.95 Å². The van der Waals surface area contributed by atoms with E-state index in [0.29, 0.717) is 18.5 Å². The number of nitrogen functional groups attached to an aromatic ring is 1. The topological polar surface area (TPSA) is 166 Å². The highest BCUT2D eigenvalue weighted by Crippen LogP contribution is 2.38. The van der Waals surface area contributed by atoms with Crippen molar-refractivity contribution >= 4 is 24.9 Å². The highest BCUT2D eigenvalue weighted by molar-refractivity contribution is 7.46. The van der Waals surface area contributed by atoms with Crippen LogP contribution < -0.4 is 11.3 Å². The van der Waals surface area contributed by atoms with E-state index in [-0.39, 0.29) is 18.1 Å². The van der Waals surface area contributed by atoms with Crippen molar-refractivity contribution in [1.29, 1.82) is 0 Å². The van der Waals surface area contributed by atoms with E-state index in [9.17, 15) is 9.36 Å². The number of H-pyrrole nitrogens is 1. The molecule has 0 radical (unpaired) electrons. The van der Waals surface area contributed by atoms with E-state index >= 15 is 0 Å². The van der Waals surface area contributed by atoms with Crippen molar-refractivity contribution in [1.82, 2.24) is 19.5 Å². The molecular weight excluding hydrogens is 317 g/mol. The normalized spacial score (nSPS) is 22.5. The average Bonchev–Trinajstić information content (AvgIpc) is 3.01. The van der Waals surface area contributed by atoms with E-state index in [1.807, 2.05) is 0 Å². The van der Waals surface area contributed by atoms with Crippen molar-refractivity contribution in [2.45, 2.75) is 25.2 Å². The molecule has 12 heteroatoms. The van der Waals surface area contributed by atoms with Gasteiger partial charge >= 0.3 is 7.82 Å². The van der Waals surface area contributed by atoms with Crippen molar-refractivity contribution in [2.24, 2.45) is 0 Å². The van der Waals surface area contributed by atoms with Gasteiger partial charge in [0, 0.05) is 0 Å². The first-order chi connectivity index (χ1) is 10.3. The van der Waals surface area contributed by atoms with Crippen LogP contribution in [0.5, 0.6) is 0 Å². The van der Waals surface area contributed by atoms with Gasteiger partial charge in [-0.25, -0.2) is 9.55 Å². The second-order valence-corrected chi connectivity index (χ2v) is 6.09. The van der Waals surface area contributed by atoms with Crippen LogP contribution in [-0.2, 0) is 13.8 Å². The number of fused-ring (bicyclic) bond motifs is 1. The number of phosphoric acid groups is 1. The zero-order valence-electron chi connectivity index (χ0n) is 11.2. The molecule has 0 saturated carbocycles. The van der Waals surface area contributed by atoms with E-state index in [0.717, 1.165) is 0 Å². The fourth-order valence-corrected chi connectivity index (χ4v) is 2.71. The lowest BCUT2D eigenvalue weighted by atomic mass is 10.2. The third-order valence-electron chi connectivity index (χ3n) is 3.27. The largest absolute Gasteiger partial charge is 0.469 e. The SMILES string of the molecule is Nc1nc2c(ncn2C2CCC(COP(=O)(O)O)O2)c(=O)[nH]1. The molecule has 1 aliphatic heterocycles. The van der Waals surface area contributed by atoms with Crippen molar-refractivity contribution in [2.75, 3.05) is 12.3 Å². The summed E-state index contributed by atoms with van der Waals surface area (Å²) in [4.78, 5) is 39.4. The minimum absolute atomic E-state index is 0.0290. The van der Waals surface area contributed by atoms with E-state index in [2.05, 4.69) is 19.5 Å². The Morgan fingerprint density at radius 2 is 2.32 bits per heavy atom. The first kappa shape index (κ1) is 15.1. The number of aromatic amines is 1. The van der Waals surface area contributed by atoms with Gasteiger partial charge in [0.15, 0.2) is 11.2 Å². The smallest absolute Gasteiger partial charge is 0.369 e. The monoisotopic (exact) mass is 331 g/mol. The molecule has 0 aromatic carbocycles. The standard InChI is InChI=1S/C10H14N5O6P/c11-10-13-8-7(9(16)14-10)12-4-15(8)6-2-1-5(21-6)3-20-22(17,18)19/h4-6H,1-3H2,(H2,17,18,19)(H3,11,13,14,16). The Bertz CT molecular complexity index is 797. The van der Waals surface area contributed by atoms with Gasteiger partial charge in [0.25, 0.3) is 5.56 Å². The summed E-state index contributed by atoms with van der Waals surface area (Å²) >= 11 is 0. The number of imidazole rings is 1. The molecule has 2 aromatic heterocycles. The van der Waals surface area contributed by atoms with Gasteiger partial charge in [0.05, 0.1) is 19.0 Å². The molecule has 11 nitrogen and oxygen atoms in total. The van der Waals surface area contributed by atoms with Gasteiger partial charge in [0.1, 0.15) is 6.23 Å². The van der Waals surface area contributed by atoms with E-state index < -0.39 is 25.7 Å². The highest BCUT2D eigenvalue weighted by Gasteiger charge is 2.30. The Labute approximate surface area is 123 Å². The second-order valence-electron chi connectivity index (χ2n) is 4.85. The van der Waals surface area contributed by atoms with Crippen LogP contribution in [0.1, 0.15) is 19.1 Å². The molecule has 2 atom stereocenters. The van der Waals surface area contributed by atoms with E-state index in [4.69, 9.17) is 20.3 Å². The lowest BCUT2D eigenvalue weighted by Gasteiger charge is -2.15. The summed E-state index contributed by atoms with van der Waals surface area (Å²) in [6.45, 7) is -0.219. The van der Waals surface area contributed by atoms with Gasteiger partial charge in [-0.05, 0) is 12.8 Å². The van der Waals surface area contributed by atoms with Gasteiger partial charge in [-0.3, -0.25) is 18.9 Å². The Balaban J connectivity index is 1.79. The number of ether oxygens (including phenoxy) is 1. The van der Waals surface area contributed by atoms with Gasteiger partial charge in [-0.15, -0.1) is 0 Å². The molecular formula is C10H14N5O6P. The summed E-state index contributed by atoms with van der Waals surface area (Å²) in [5.41, 5.74) is 5.52. The van der Waals surface area contributed by atoms with E-state index in [1.54, 1.807) is 4.57 Å². The van der Waals surface area contributed by atoms with Crippen LogP contribution >= 0.6 is 7.82 Å². The first-order valence-corrected chi connectivity index (χ1v) is 7.94. The van der Waals surface area contributed by atoms with Crippen LogP contribution in [0.15, 0.2) is 11.1 Å². The number of hydrogen-bond acceptors (Lipinski definition) is 7. The summed E-state index contributed by atoms with van der Waals surface area (Å²) in [6.07, 6.45) is 1.61. The Hall–Kier alpha value is -1.78. The maximum atomic E-state index is 11.7. The van der Waals surface area contributed by atoms with Gasteiger partial charge in [-0.2, -0.15) is 4.98 Å². The molecule has 120 valence electrons. The van der Waals surface area contributed by atoms with Crippen molar-refractivity contribution in [3.8, 4) is 0 Å². The lowest BCUT2D eigenvalue weighted by molar-refractivity contribution is -0.0205. The molecule has 1 saturated heterocycles. The molecule has 5 N–H and O–H groups in total. The molecule has 0 amide bonds. The Morgan fingerprint density at radius 1 is 1.55 bits per heavy atom. The molecule has 3 heterocycles. The highest BCUT2D eigenvalue weighted by atomic mass is 31.2. The number of nitrogens with one attached hydrogen (secondary N) is 1. The molecule has 0 aliphatic carbocycles. The predicted octanol–water partition coefficient (Wildman–Crippen LogP) is -0.511. The fraction of sp³-hybridized carbons (Fsp3) is 0.500. The molecule has 22 heavy (non-hydrogen) atoms. The summed E-state index contributed by atoms with van der Waals surface area (Å²) in [6, 6.07) is 0. The van der Waals surface area contributed by atoms with Crippen LogP contribution in [-0.4, -0.2) is 42.0 Å². The quantitative estimate of drug-likeness (QED) is 0.539. The van der Waals surface area contributed by atoms with Crippen molar-refractivity contribution in [3.05, 3.63) is 16.7 Å². The van der Waals surface area contributed by atoms with Gasteiger partial charge < -0.3 is 20.3 Å².